The number of benzene rings is 1. The van der Waals surface area contributed by atoms with Crippen molar-refractivity contribution in [1.82, 2.24) is 16.0 Å². The number of ether oxygens (including phenoxy) is 1. The molecule has 1 saturated carbocycles. The van der Waals surface area contributed by atoms with E-state index in [-0.39, 0.29) is 42.1 Å². The summed E-state index contributed by atoms with van der Waals surface area (Å²) in [4.78, 5) is 35.2. The van der Waals surface area contributed by atoms with E-state index >= 15 is 0 Å². The second-order valence-electron chi connectivity index (χ2n) is 6.91. The fraction of sp³-hybridized carbons (Fsp3) is 0.550. The summed E-state index contributed by atoms with van der Waals surface area (Å²) in [7, 11) is 1.25. The van der Waals surface area contributed by atoms with Crippen molar-refractivity contribution in [2.75, 3.05) is 13.7 Å². The van der Waals surface area contributed by atoms with Crippen molar-refractivity contribution in [3.63, 3.8) is 0 Å². The second kappa shape index (κ2) is 11.3. The van der Waals surface area contributed by atoms with E-state index in [4.69, 9.17) is 0 Å². The second-order valence-corrected chi connectivity index (χ2v) is 6.91. The average molecular weight is 393 g/mol. The van der Waals surface area contributed by atoms with E-state index in [0.29, 0.717) is 13.0 Å². The number of hydrogen-bond donors (Lipinski definition) is 3. The quantitative estimate of drug-likeness (QED) is 0.467. The van der Waals surface area contributed by atoms with Crippen LogP contribution in [0.4, 0.5) is 9.18 Å². The predicted octanol–water partition coefficient (Wildman–Crippen LogP) is 2.64. The Labute approximate surface area is 164 Å². The highest BCUT2D eigenvalue weighted by molar-refractivity contribution is 5.89. The van der Waals surface area contributed by atoms with Gasteiger partial charge in [-0.25, -0.2) is 14.0 Å². The molecule has 1 fully saturated rings. The molecule has 28 heavy (non-hydrogen) atoms. The van der Waals surface area contributed by atoms with Gasteiger partial charge < -0.3 is 20.7 Å². The highest BCUT2D eigenvalue weighted by Crippen LogP contribution is 2.17. The SMILES string of the molecule is COC(=O)c1ccc(F)c(CNC(=O)CCCNC(=O)NC2CCCCC2)c1. The minimum Gasteiger partial charge on any atom is -0.465 e. The fourth-order valence-corrected chi connectivity index (χ4v) is 3.17. The number of urea groups is 1. The van der Waals surface area contributed by atoms with Crippen LogP contribution < -0.4 is 16.0 Å². The molecule has 0 heterocycles. The van der Waals surface area contributed by atoms with Crippen molar-refractivity contribution >= 4 is 17.9 Å². The van der Waals surface area contributed by atoms with Gasteiger partial charge in [-0.1, -0.05) is 19.3 Å². The van der Waals surface area contributed by atoms with E-state index in [1.165, 1.54) is 31.7 Å². The molecule has 1 aliphatic carbocycles. The normalized spacial score (nSPS) is 14.2. The molecular formula is C20H28FN3O4. The first-order valence-corrected chi connectivity index (χ1v) is 9.67. The van der Waals surface area contributed by atoms with Crippen LogP contribution in [0.3, 0.4) is 0 Å². The Balaban J connectivity index is 1.64. The molecule has 154 valence electrons. The van der Waals surface area contributed by atoms with Crippen LogP contribution in [-0.4, -0.2) is 37.6 Å². The summed E-state index contributed by atoms with van der Waals surface area (Å²) < 4.78 is 18.4. The third-order valence-electron chi connectivity index (χ3n) is 4.75. The molecule has 3 N–H and O–H groups in total. The van der Waals surface area contributed by atoms with Gasteiger partial charge in [0, 0.05) is 31.1 Å². The molecule has 0 spiro atoms. The molecule has 2 rings (SSSR count). The number of esters is 1. The van der Waals surface area contributed by atoms with E-state index in [9.17, 15) is 18.8 Å². The number of carbonyl (C=O) groups is 3. The van der Waals surface area contributed by atoms with Gasteiger partial charge in [-0.15, -0.1) is 0 Å². The lowest BCUT2D eigenvalue weighted by Gasteiger charge is -2.22. The molecular weight excluding hydrogens is 365 g/mol. The third kappa shape index (κ3) is 7.17. The standard InChI is InChI=1S/C20H28FN3O4/c1-28-19(26)14-9-10-17(21)15(12-14)13-23-18(25)8-5-11-22-20(27)24-16-6-3-2-4-7-16/h9-10,12,16H,2-8,11,13H2,1H3,(H,23,25)(H2,22,24,27). The van der Waals surface area contributed by atoms with Gasteiger partial charge in [0.05, 0.1) is 12.7 Å². The Kier molecular flexibility index (Phi) is 8.71. The van der Waals surface area contributed by atoms with Crippen molar-refractivity contribution in [2.24, 2.45) is 0 Å². The van der Waals surface area contributed by atoms with Crippen LogP contribution in [0.25, 0.3) is 0 Å². The van der Waals surface area contributed by atoms with Crippen molar-refractivity contribution in [3.8, 4) is 0 Å². The topological polar surface area (TPSA) is 96.5 Å². The molecule has 7 nitrogen and oxygen atoms in total. The Hall–Kier alpha value is -2.64. The number of halogens is 1. The van der Waals surface area contributed by atoms with Gasteiger partial charge in [0.25, 0.3) is 0 Å². The van der Waals surface area contributed by atoms with Crippen LogP contribution in [0.2, 0.25) is 0 Å². The average Bonchev–Trinajstić information content (AvgIpc) is 2.70. The smallest absolute Gasteiger partial charge is 0.337 e. The fourth-order valence-electron chi connectivity index (χ4n) is 3.17. The molecule has 0 aliphatic heterocycles. The van der Waals surface area contributed by atoms with Crippen molar-refractivity contribution in [1.29, 1.82) is 0 Å². The number of hydrogen-bond acceptors (Lipinski definition) is 4. The summed E-state index contributed by atoms with van der Waals surface area (Å²) in [5.41, 5.74) is 0.433. The molecule has 8 heteroatoms. The van der Waals surface area contributed by atoms with Crippen molar-refractivity contribution < 1.29 is 23.5 Å². The molecule has 0 aromatic heterocycles. The predicted molar refractivity (Wildman–Crippen MR) is 102 cm³/mol. The van der Waals surface area contributed by atoms with Crippen LogP contribution in [0.15, 0.2) is 18.2 Å². The number of nitrogens with one attached hydrogen (secondary N) is 3. The first kappa shape index (κ1) is 21.7. The van der Waals surface area contributed by atoms with Gasteiger partial charge in [0.1, 0.15) is 5.82 Å². The molecule has 1 aliphatic rings. The summed E-state index contributed by atoms with van der Waals surface area (Å²) in [5.74, 6) is -1.32. The molecule has 0 atom stereocenters. The highest BCUT2D eigenvalue weighted by atomic mass is 19.1. The Morgan fingerprint density at radius 3 is 2.61 bits per heavy atom. The Morgan fingerprint density at radius 2 is 1.89 bits per heavy atom. The molecule has 0 saturated heterocycles. The van der Waals surface area contributed by atoms with E-state index in [1.807, 2.05) is 0 Å². The van der Waals surface area contributed by atoms with Crippen molar-refractivity contribution in [3.05, 3.63) is 35.1 Å². The molecule has 0 bridgehead atoms. The Bertz CT molecular complexity index is 690. The number of methoxy groups -OCH3 is 1. The van der Waals surface area contributed by atoms with Crippen molar-refractivity contribution in [2.45, 2.75) is 57.5 Å². The molecule has 0 radical (unpaired) electrons. The number of rotatable bonds is 8. The number of carbonyl (C=O) groups excluding carboxylic acids is 3. The number of amides is 3. The van der Waals surface area contributed by atoms with Crippen LogP contribution in [0, 0.1) is 5.82 Å². The van der Waals surface area contributed by atoms with E-state index < -0.39 is 11.8 Å². The Morgan fingerprint density at radius 1 is 1.14 bits per heavy atom. The first-order valence-electron chi connectivity index (χ1n) is 9.67. The van der Waals surface area contributed by atoms with Gasteiger partial charge in [-0.3, -0.25) is 4.79 Å². The van der Waals surface area contributed by atoms with Crippen LogP contribution in [-0.2, 0) is 16.1 Å². The lowest BCUT2D eigenvalue weighted by atomic mass is 9.96. The third-order valence-corrected chi connectivity index (χ3v) is 4.75. The first-order chi connectivity index (χ1) is 13.5. The van der Waals surface area contributed by atoms with Crippen LogP contribution in [0.1, 0.15) is 60.9 Å². The summed E-state index contributed by atoms with van der Waals surface area (Å²) in [6.07, 6.45) is 6.25. The zero-order valence-corrected chi connectivity index (χ0v) is 16.2. The van der Waals surface area contributed by atoms with Crippen LogP contribution >= 0.6 is 0 Å². The molecule has 1 aromatic carbocycles. The van der Waals surface area contributed by atoms with E-state index in [0.717, 1.165) is 25.7 Å². The maximum Gasteiger partial charge on any atom is 0.337 e. The van der Waals surface area contributed by atoms with E-state index in [1.54, 1.807) is 0 Å². The van der Waals surface area contributed by atoms with Crippen LogP contribution in [0.5, 0.6) is 0 Å². The van der Waals surface area contributed by atoms with Gasteiger partial charge >= 0.3 is 12.0 Å². The summed E-state index contributed by atoms with van der Waals surface area (Å²) in [6.45, 7) is 0.364. The van der Waals surface area contributed by atoms with Gasteiger partial charge in [0.15, 0.2) is 0 Å². The maximum absolute atomic E-state index is 13.8. The molecule has 1 aromatic rings. The summed E-state index contributed by atoms with van der Waals surface area (Å²) in [5, 5.41) is 8.32. The molecule has 0 unspecified atom stereocenters. The van der Waals surface area contributed by atoms with E-state index in [2.05, 4.69) is 20.7 Å². The maximum atomic E-state index is 13.8. The summed E-state index contributed by atoms with van der Waals surface area (Å²) >= 11 is 0. The minimum atomic E-state index is -0.565. The van der Waals surface area contributed by atoms with Gasteiger partial charge in [-0.05, 0) is 37.5 Å². The minimum absolute atomic E-state index is 0.0227. The lowest BCUT2D eigenvalue weighted by molar-refractivity contribution is -0.121. The zero-order chi connectivity index (χ0) is 20.4. The highest BCUT2D eigenvalue weighted by Gasteiger charge is 2.15. The zero-order valence-electron chi connectivity index (χ0n) is 16.2. The van der Waals surface area contributed by atoms with Gasteiger partial charge in [-0.2, -0.15) is 0 Å². The largest absolute Gasteiger partial charge is 0.465 e. The monoisotopic (exact) mass is 393 g/mol. The van der Waals surface area contributed by atoms with Gasteiger partial charge in [0.2, 0.25) is 5.91 Å². The lowest BCUT2D eigenvalue weighted by Crippen LogP contribution is -2.43. The summed E-state index contributed by atoms with van der Waals surface area (Å²) in [6, 6.07) is 3.90. The molecule has 3 amide bonds.